The number of carbonyl (C=O) groups is 1. The van der Waals surface area contributed by atoms with E-state index in [2.05, 4.69) is 18.2 Å². The molecule has 0 aliphatic heterocycles. The maximum absolute atomic E-state index is 11.2. The molecule has 1 N–H and O–H groups in total. The number of methoxy groups -OCH3 is 1. The second kappa shape index (κ2) is 5.12. The van der Waals surface area contributed by atoms with Gasteiger partial charge in [-0.3, -0.25) is 0 Å². The zero-order valence-electron chi connectivity index (χ0n) is 11.9. The molecule has 19 heavy (non-hydrogen) atoms. The second-order valence-electron chi connectivity index (χ2n) is 6.26. The molecule has 0 heterocycles. The maximum atomic E-state index is 11.2. The van der Waals surface area contributed by atoms with Crippen LogP contribution in [0, 0.1) is 11.3 Å². The van der Waals surface area contributed by atoms with Gasteiger partial charge < -0.3 is 9.84 Å². The van der Waals surface area contributed by atoms with Crippen LogP contribution in [0.3, 0.4) is 0 Å². The first-order valence-corrected chi connectivity index (χ1v) is 7.08. The lowest BCUT2D eigenvalue weighted by atomic mass is 9.54. The van der Waals surface area contributed by atoms with Crippen molar-refractivity contribution < 1.29 is 14.6 Å². The molecule has 0 aromatic heterocycles. The van der Waals surface area contributed by atoms with Crippen LogP contribution in [0.2, 0.25) is 0 Å². The van der Waals surface area contributed by atoms with E-state index in [9.17, 15) is 9.90 Å². The van der Waals surface area contributed by atoms with Crippen molar-refractivity contribution in [1.29, 1.82) is 0 Å². The highest BCUT2D eigenvalue weighted by molar-refractivity contribution is 5.81. The Labute approximate surface area is 115 Å². The molecule has 0 amide bonds. The zero-order chi connectivity index (χ0) is 14.1. The Morgan fingerprint density at radius 2 is 2.26 bits per heavy atom. The summed E-state index contributed by atoms with van der Waals surface area (Å²) in [6.07, 6.45) is 9.14. The topological polar surface area (TPSA) is 46.5 Å². The normalized spacial score (nSPS) is 39.1. The fourth-order valence-corrected chi connectivity index (χ4v) is 3.69. The third-order valence-electron chi connectivity index (χ3n) is 5.12. The minimum absolute atomic E-state index is 0.0437. The van der Waals surface area contributed by atoms with Gasteiger partial charge in [0.15, 0.2) is 0 Å². The van der Waals surface area contributed by atoms with Gasteiger partial charge in [0.25, 0.3) is 0 Å². The monoisotopic (exact) mass is 264 g/mol. The summed E-state index contributed by atoms with van der Waals surface area (Å²) in [5, 5.41) is 11.1. The first kappa shape index (κ1) is 14.3. The van der Waals surface area contributed by atoms with Gasteiger partial charge in [-0.15, -0.1) is 0 Å². The summed E-state index contributed by atoms with van der Waals surface area (Å²) in [7, 11) is 1.38. The fourth-order valence-electron chi connectivity index (χ4n) is 3.69. The van der Waals surface area contributed by atoms with E-state index >= 15 is 0 Å². The molecule has 2 fully saturated rings. The summed E-state index contributed by atoms with van der Waals surface area (Å²) in [5.74, 6) is -0.102. The Hall–Kier alpha value is -1.09. The van der Waals surface area contributed by atoms with Gasteiger partial charge in [-0.2, -0.15) is 0 Å². The fraction of sp³-hybridized carbons (Fsp3) is 0.688. The van der Waals surface area contributed by atoms with Crippen LogP contribution < -0.4 is 0 Å². The number of esters is 1. The number of hydrogen-bond acceptors (Lipinski definition) is 3. The first-order valence-electron chi connectivity index (χ1n) is 7.08. The summed E-state index contributed by atoms with van der Waals surface area (Å²) in [6, 6.07) is 0. The highest BCUT2D eigenvalue weighted by Crippen LogP contribution is 2.56. The van der Waals surface area contributed by atoms with Gasteiger partial charge in [0, 0.05) is 11.5 Å². The summed E-state index contributed by atoms with van der Waals surface area (Å²) < 4.78 is 4.61. The van der Waals surface area contributed by atoms with Crippen LogP contribution in [0.4, 0.5) is 0 Å². The van der Waals surface area contributed by atoms with Gasteiger partial charge in [0.05, 0.1) is 12.7 Å². The van der Waals surface area contributed by atoms with Crippen LogP contribution >= 0.6 is 0 Å². The molecule has 2 aliphatic rings. The number of aliphatic hydroxyl groups is 1. The van der Waals surface area contributed by atoms with Crippen LogP contribution in [-0.2, 0) is 9.53 Å². The molecule has 0 bridgehead atoms. The minimum Gasteiger partial charge on any atom is -0.466 e. The second-order valence-corrected chi connectivity index (χ2v) is 6.26. The van der Waals surface area contributed by atoms with Crippen molar-refractivity contribution in [2.24, 2.45) is 11.3 Å². The summed E-state index contributed by atoms with van der Waals surface area (Å²) >= 11 is 0. The van der Waals surface area contributed by atoms with Crippen molar-refractivity contribution in [3.05, 3.63) is 24.3 Å². The molecular formula is C16H24O3. The van der Waals surface area contributed by atoms with Crippen LogP contribution in [0.1, 0.15) is 45.4 Å². The van der Waals surface area contributed by atoms with E-state index in [1.165, 1.54) is 13.2 Å². The zero-order valence-corrected chi connectivity index (χ0v) is 11.9. The van der Waals surface area contributed by atoms with Crippen LogP contribution in [0.25, 0.3) is 0 Å². The Bertz CT molecular complexity index is 412. The average molecular weight is 264 g/mol. The third kappa shape index (κ3) is 2.48. The molecule has 3 atom stereocenters. The maximum Gasteiger partial charge on any atom is 0.330 e. The number of fused-ring (bicyclic) bond motifs is 1. The smallest absolute Gasteiger partial charge is 0.330 e. The summed E-state index contributed by atoms with van der Waals surface area (Å²) in [4.78, 5) is 11.2. The molecule has 0 aromatic carbocycles. The van der Waals surface area contributed by atoms with Gasteiger partial charge in [-0.1, -0.05) is 19.6 Å². The molecule has 2 aliphatic carbocycles. The van der Waals surface area contributed by atoms with E-state index in [1.807, 2.05) is 6.08 Å². The standard InChI is InChI=1S/C16H24O3/c1-12-5-4-9-15(2)10-8-13(11-16(12,15)18)6-7-14(17)19-3/h6-7,13,18H,1,4-5,8-11H2,2-3H3/b7-6+/t13-,15-,16-/m1/s1. The number of hydrogen-bond donors (Lipinski definition) is 1. The molecule has 0 saturated heterocycles. The van der Waals surface area contributed by atoms with Crippen molar-refractivity contribution in [1.82, 2.24) is 0 Å². The highest BCUT2D eigenvalue weighted by atomic mass is 16.5. The Balaban J connectivity index is 2.14. The molecule has 2 rings (SSSR count). The van der Waals surface area contributed by atoms with Gasteiger partial charge in [-0.05, 0) is 50.0 Å². The molecule has 0 unspecified atom stereocenters. The average Bonchev–Trinajstić information content (AvgIpc) is 2.38. The van der Waals surface area contributed by atoms with Crippen molar-refractivity contribution in [2.75, 3.05) is 7.11 Å². The predicted molar refractivity (Wildman–Crippen MR) is 74.5 cm³/mol. The number of rotatable bonds is 2. The lowest BCUT2D eigenvalue weighted by molar-refractivity contribution is -0.135. The van der Waals surface area contributed by atoms with Gasteiger partial charge in [0.2, 0.25) is 0 Å². The molecule has 106 valence electrons. The molecule has 0 spiro atoms. The van der Waals surface area contributed by atoms with Crippen molar-refractivity contribution >= 4 is 5.97 Å². The van der Waals surface area contributed by atoms with Crippen LogP contribution in [0.15, 0.2) is 24.3 Å². The van der Waals surface area contributed by atoms with Crippen molar-refractivity contribution in [2.45, 2.75) is 51.0 Å². The SMILES string of the molecule is C=C1CCC[C@]2(C)CC[C@@H](/C=C/C(=O)OC)C[C@@]12O. The molecule has 3 nitrogen and oxygen atoms in total. The third-order valence-corrected chi connectivity index (χ3v) is 5.12. The Morgan fingerprint density at radius 3 is 2.95 bits per heavy atom. The van der Waals surface area contributed by atoms with E-state index in [-0.39, 0.29) is 17.3 Å². The largest absolute Gasteiger partial charge is 0.466 e. The van der Waals surface area contributed by atoms with Crippen molar-refractivity contribution in [3.8, 4) is 0 Å². The van der Waals surface area contributed by atoms with Gasteiger partial charge in [0.1, 0.15) is 0 Å². The lowest BCUT2D eigenvalue weighted by Crippen LogP contribution is -2.54. The van der Waals surface area contributed by atoms with Crippen LogP contribution in [-0.4, -0.2) is 23.8 Å². The minimum atomic E-state index is -0.769. The van der Waals surface area contributed by atoms with Gasteiger partial charge in [-0.25, -0.2) is 4.79 Å². The van der Waals surface area contributed by atoms with E-state index in [4.69, 9.17) is 0 Å². The number of ether oxygens (including phenoxy) is 1. The van der Waals surface area contributed by atoms with E-state index < -0.39 is 5.60 Å². The lowest BCUT2D eigenvalue weighted by Gasteiger charge is -2.54. The van der Waals surface area contributed by atoms with Crippen LogP contribution in [0.5, 0.6) is 0 Å². The molecular weight excluding hydrogens is 240 g/mol. The quantitative estimate of drug-likeness (QED) is 0.474. The van der Waals surface area contributed by atoms with E-state index in [1.54, 1.807) is 0 Å². The molecule has 2 saturated carbocycles. The van der Waals surface area contributed by atoms with E-state index in [0.717, 1.165) is 37.7 Å². The van der Waals surface area contributed by atoms with Crippen molar-refractivity contribution in [3.63, 3.8) is 0 Å². The predicted octanol–water partition coefficient (Wildman–Crippen LogP) is 2.99. The number of carbonyl (C=O) groups excluding carboxylic acids is 1. The van der Waals surface area contributed by atoms with Gasteiger partial charge >= 0.3 is 5.97 Å². The molecule has 3 heteroatoms. The molecule has 0 aromatic rings. The molecule has 0 radical (unpaired) electrons. The summed E-state index contributed by atoms with van der Waals surface area (Å²) in [5.41, 5.74) is 0.157. The Morgan fingerprint density at radius 1 is 1.53 bits per heavy atom. The van der Waals surface area contributed by atoms with E-state index in [0.29, 0.717) is 6.42 Å². The Kier molecular flexibility index (Phi) is 3.86. The summed E-state index contributed by atoms with van der Waals surface area (Å²) in [6.45, 7) is 6.27. The highest BCUT2D eigenvalue weighted by Gasteiger charge is 2.53. The number of allylic oxidation sites excluding steroid dienone is 1. The first-order chi connectivity index (χ1) is 8.91.